The van der Waals surface area contributed by atoms with Crippen LogP contribution in [0.5, 0.6) is 0 Å². The Bertz CT molecular complexity index is 159. The Morgan fingerprint density at radius 1 is 1.25 bits per heavy atom. The molecule has 12 heavy (non-hydrogen) atoms. The van der Waals surface area contributed by atoms with Gasteiger partial charge in [-0.3, -0.25) is 0 Å². The molecule has 0 aromatic carbocycles. The molecule has 0 spiro atoms. The summed E-state index contributed by atoms with van der Waals surface area (Å²) in [5.41, 5.74) is 0.168. The van der Waals surface area contributed by atoms with Crippen molar-refractivity contribution in [1.29, 1.82) is 0 Å². The Hall–Kier alpha value is -0.140. The predicted octanol–water partition coefficient (Wildman–Crippen LogP) is 3.71. The number of hydrogen-bond acceptors (Lipinski definition) is 0. The van der Waals surface area contributed by atoms with E-state index in [4.69, 9.17) is 0 Å². The highest BCUT2D eigenvalue weighted by molar-refractivity contribution is 4.91. The Kier molecular flexibility index (Phi) is 2.22. The van der Waals surface area contributed by atoms with Crippen molar-refractivity contribution in [2.24, 2.45) is 17.3 Å². The van der Waals surface area contributed by atoms with Crippen LogP contribution in [0.15, 0.2) is 0 Å². The summed E-state index contributed by atoms with van der Waals surface area (Å²) in [6.45, 7) is 8.44. The van der Waals surface area contributed by atoms with Crippen molar-refractivity contribution < 1.29 is 8.78 Å². The third-order valence-electron chi connectivity index (χ3n) is 3.19. The van der Waals surface area contributed by atoms with Crippen molar-refractivity contribution in [1.82, 2.24) is 0 Å². The monoisotopic (exact) mass is 176 g/mol. The molecule has 0 amide bonds. The molecule has 1 fully saturated rings. The Balaban J connectivity index is 2.43. The molecule has 72 valence electrons. The molecule has 0 radical (unpaired) electrons. The molecule has 0 heterocycles. The number of hydrogen-bond donors (Lipinski definition) is 0. The zero-order chi connectivity index (χ0) is 9.57. The van der Waals surface area contributed by atoms with Gasteiger partial charge in [0.15, 0.2) is 0 Å². The molecule has 0 aromatic heterocycles. The van der Waals surface area contributed by atoms with E-state index in [0.29, 0.717) is 5.92 Å². The first-order chi connectivity index (χ1) is 5.22. The quantitative estimate of drug-likeness (QED) is 0.571. The van der Waals surface area contributed by atoms with Gasteiger partial charge in [-0.2, -0.15) is 0 Å². The summed E-state index contributed by atoms with van der Waals surface area (Å²) >= 11 is 0. The van der Waals surface area contributed by atoms with E-state index in [1.54, 1.807) is 0 Å². The molecule has 0 nitrogen and oxygen atoms in total. The molecule has 1 atom stereocenters. The second kappa shape index (κ2) is 2.68. The molecule has 1 aliphatic rings. The van der Waals surface area contributed by atoms with Gasteiger partial charge in [0.1, 0.15) is 0 Å². The topological polar surface area (TPSA) is 0 Å². The number of halogens is 2. The van der Waals surface area contributed by atoms with Crippen molar-refractivity contribution in [3.8, 4) is 0 Å². The molecule has 0 bridgehead atoms. The van der Waals surface area contributed by atoms with Gasteiger partial charge in [0.2, 0.25) is 5.92 Å². The minimum absolute atomic E-state index is 0.103. The lowest BCUT2D eigenvalue weighted by atomic mass is 9.65. The number of rotatable bonds is 1. The lowest BCUT2D eigenvalue weighted by Crippen LogP contribution is -2.42. The van der Waals surface area contributed by atoms with Gasteiger partial charge in [0.25, 0.3) is 0 Å². The SMILES string of the molecule is CC(C1CC(F)(F)C1)C(C)(C)C. The van der Waals surface area contributed by atoms with Crippen LogP contribution in [0.4, 0.5) is 8.78 Å². The van der Waals surface area contributed by atoms with E-state index in [2.05, 4.69) is 27.7 Å². The summed E-state index contributed by atoms with van der Waals surface area (Å²) in [4.78, 5) is 0. The molecule has 1 unspecified atom stereocenters. The first-order valence-electron chi connectivity index (χ1n) is 4.60. The van der Waals surface area contributed by atoms with Crippen LogP contribution >= 0.6 is 0 Å². The van der Waals surface area contributed by atoms with Gasteiger partial charge in [0.05, 0.1) is 0 Å². The average Bonchev–Trinajstić information content (AvgIpc) is 1.78. The van der Waals surface area contributed by atoms with Crippen molar-refractivity contribution >= 4 is 0 Å². The highest BCUT2D eigenvalue weighted by Gasteiger charge is 2.49. The molecule has 0 N–H and O–H groups in total. The van der Waals surface area contributed by atoms with E-state index in [1.165, 1.54) is 0 Å². The first-order valence-corrected chi connectivity index (χ1v) is 4.60. The number of alkyl halides is 2. The average molecular weight is 176 g/mol. The zero-order valence-electron chi connectivity index (χ0n) is 8.32. The summed E-state index contributed by atoms with van der Waals surface area (Å²) in [6.07, 6.45) is 0.205. The maximum Gasteiger partial charge on any atom is 0.248 e. The van der Waals surface area contributed by atoms with Gasteiger partial charge < -0.3 is 0 Å². The minimum Gasteiger partial charge on any atom is -0.207 e. The largest absolute Gasteiger partial charge is 0.248 e. The Labute approximate surface area is 73.3 Å². The van der Waals surface area contributed by atoms with Crippen LogP contribution in [0.1, 0.15) is 40.5 Å². The van der Waals surface area contributed by atoms with E-state index in [9.17, 15) is 8.78 Å². The highest BCUT2D eigenvalue weighted by atomic mass is 19.3. The predicted molar refractivity (Wildman–Crippen MR) is 46.3 cm³/mol. The lowest BCUT2D eigenvalue weighted by molar-refractivity contribution is -0.135. The first kappa shape index (κ1) is 9.94. The fourth-order valence-corrected chi connectivity index (χ4v) is 1.77. The van der Waals surface area contributed by atoms with E-state index in [1.807, 2.05) is 0 Å². The van der Waals surface area contributed by atoms with Gasteiger partial charge in [-0.25, -0.2) is 8.78 Å². The van der Waals surface area contributed by atoms with Crippen LogP contribution in [0, 0.1) is 17.3 Å². The van der Waals surface area contributed by atoms with Crippen molar-refractivity contribution in [3.63, 3.8) is 0 Å². The van der Waals surface area contributed by atoms with Crippen molar-refractivity contribution in [2.45, 2.75) is 46.5 Å². The van der Waals surface area contributed by atoms with E-state index in [0.717, 1.165) is 0 Å². The van der Waals surface area contributed by atoms with Gasteiger partial charge in [0, 0.05) is 12.8 Å². The zero-order valence-corrected chi connectivity index (χ0v) is 8.32. The molecule has 0 aliphatic heterocycles. The molecule has 1 saturated carbocycles. The fourth-order valence-electron chi connectivity index (χ4n) is 1.77. The van der Waals surface area contributed by atoms with Crippen molar-refractivity contribution in [2.75, 3.05) is 0 Å². The third-order valence-corrected chi connectivity index (χ3v) is 3.19. The second-order valence-corrected chi connectivity index (χ2v) is 5.18. The molecule has 0 aromatic rings. The van der Waals surface area contributed by atoms with Gasteiger partial charge in [-0.15, -0.1) is 0 Å². The normalized spacial score (nSPS) is 26.5. The molecule has 2 heteroatoms. The molecular weight excluding hydrogens is 158 g/mol. The fraction of sp³-hybridized carbons (Fsp3) is 1.00. The summed E-state index contributed by atoms with van der Waals surface area (Å²) in [6, 6.07) is 0. The van der Waals surface area contributed by atoms with E-state index in [-0.39, 0.29) is 24.2 Å². The Morgan fingerprint density at radius 3 is 1.92 bits per heavy atom. The van der Waals surface area contributed by atoms with Crippen LogP contribution in [0.3, 0.4) is 0 Å². The maximum atomic E-state index is 12.5. The molecule has 1 rings (SSSR count). The van der Waals surface area contributed by atoms with Crippen LogP contribution in [0.25, 0.3) is 0 Å². The van der Waals surface area contributed by atoms with Crippen LogP contribution in [-0.2, 0) is 0 Å². The maximum absolute atomic E-state index is 12.5. The van der Waals surface area contributed by atoms with E-state index < -0.39 is 5.92 Å². The summed E-state index contributed by atoms with van der Waals surface area (Å²) in [5.74, 6) is -1.72. The smallest absolute Gasteiger partial charge is 0.207 e. The van der Waals surface area contributed by atoms with Gasteiger partial charge in [-0.1, -0.05) is 27.7 Å². The lowest BCUT2D eigenvalue weighted by Gasteiger charge is -2.43. The summed E-state index contributed by atoms with van der Waals surface area (Å²) in [5, 5.41) is 0. The third kappa shape index (κ3) is 1.96. The van der Waals surface area contributed by atoms with Crippen LogP contribution < -0.4 is 0 Å². The second-order valence-electron chi connectivity index (χ2n) is 5.18. The van der Waals surface area contributed by atoms with Gasteiger partial charge >= 0.3 is 0 Å². The minimum atomic E-state index is -2.36. The Morgan fingerprint density at radius 2 is 1.67 bits per heavy atom. The van der Waals surface area contributed by atoms with Crippen LogP contribution in [0.2, 0.25) is 0 Å². The van der Waals surface area contributed by atoms with Crippen molar-refractivity contribution in [3.05, 3.63) is 0 Å². The molecular formula is C10H18F2. The molecule has 1 aliphatic carbocycles. The standard InChI is InChI=1S/C10H18F2/c1-7(9(2,3)4)8-5-10(11,12)6-8/h7-8H,5-6H2,1-4H3. The highest BCUT2D eigenvalue weighted by Crippen LogP contribution is 2.50. The summed E-state index contributed by atoms with van der Waals surface area (Å²) in [7, 11) is 0. The van der Waals surface area contributed by atoms with Crippen LogP contribution in [-0.4, -0.2) is 5.92 Å². The van der Waals surface area contributed by atoms with Gasteiger partial charge in [-0.05, 0) is 17.3 Å². The summed E-state index contributed by atoms with van der Waals surface area (Å²) < 4.78 is 25.1. The molecule has 0 saturated heterocycles. The van der Waals surface area contributed by atoms with E-state index >= 15 is 0 Å².